The molecule has 74 valence electrons. The molecule has 5 heteroatoms. The molecule has 0 fully saturated rings. The molecule has 0 bridgehead atoms. The fourth-order valence-corrected chi connectivity index (χ4v) is 1.17. The van der Waals surface area contributed by atoms with Crippen molar-refractivity contribution in [2.24, 2.45) is 5.92 Å². The molecule has 0 saturated carbocycles. The highest BCUT2D eigenvalue weighted by Crippen LogP contribution is 2.20. The van der Waals surface area contributed by atoms with Gasteiger partial charge >= 0.3 is 0 Å². The molecule has 0 spiro atoms. The van der Waals surface area contributed by atoms with Crippen molar-refractivity contribution in [1.29, 1.82) is 10.5 Å². The second kappa shape index (κ2) is 4.54. The molecule has 1 aromatic rings. The molecule has 0 unspecified atom stereocenters. The van der Waals surface area contributed by atoms with Gasteiger partial charge in [0.05, 0.1) is 22.7 Å². The van der Waals surface area contributed by atoms with Crippen molar-refractivity contribution in [3.8, 4) is 12.1 Å². The Labute approximate surface area is 90.3 Å². The minimum atomic E-state index is -1.50. The van der Waals surface area contributed by atoms with Crippen LogP contribution in [0.15, 0.2) is 18.2 Å². The molecule has 0 aliphatic rings. The quantitative estimate of drug-likeness (QED) is 0.722. The molecule has 0 atom stereocenters. The van der Waals surface area contributed by atoms with E-state index >= 15 is 0 Å². The van der Waals surface area contributed by atoms with E-state index in [2.05, 4.69) is 0 Å². The zero-order valence-electron chi connectivity index (χ0n) is 7.37. The van der Waals surface area contributed by atoms with Crippen molar-refractivity contribution in [1.82, 2.24) is 0 Å². The van der Waals surface area contributed by atoms with Gasteiger partial charge in [-0.3, -0.25) is 4.79 Å². The van der Waals surface area contributed by atoms with Gasteiger partial charge in [-0.05, 0) is 12.1 Å². The first kappa shape index (κ1) is 11.2. The number of carbonyl (C=O) groups is 1. The molecule has 1 rings (SSSR count). The Morgan fingerprint density at radius 2 is 2.00 bits per heavy atom. The summed E-state index contributed by atoms with van der Waals surface area (Å²) in [6.07, 6.45) is 0. The topological polar surface area (TPSA) is 64.7 Å². The van der Waals surface area contributed by atoms with Gasteiger partial charge in [0.1, 0.15) is 0 Å². The maximum atomic E-state index is 13.3. The highest BCUT2D eigenvalue weighted by molar-refractivity contribution is 6.31. The summed E-state index contributed by atoms with van der Waals surface area (Å²) in [7, 11) is 0. The Morgan fingerprint density at radius 1 is 1.40 bits per heavy atom. The lowest BCUT2D eigenvalue weighted by Gasteiger charge is -2.02. The SMILES string of the molecule is N#CC(C#N)C(=O)c1cccc(Cl)c1F. The average Bonchev–Trinajstić information content (AvgIpc) is 2.23. The number of benzene rings is 1. The predicted molar refractivity (Wildman–Crippen MR) is 50.5 cm³/mol. The van der Waals surface area contributed by atoms with E-state index in [9.17, 15) is 9.18 Å². The van der Waals surface area contributed by atoms with Gasteiger partial charge in [0.15, 0.2) is 17.5 Å². The van der Waals surface area contributed by atoms with Crippen molar-refractivity contribution in [2.75, 3.05) is 0 Å². The summed E-state index contributed by atoms with van der Waals surface area (Å²) in [5.74, 6) is -3.28. The maximum Gasteiger partial charge on any atom is 0.197 e. The molecule has 1 aromatic carbocycles. The van der Waals surface area contributed by atoms with Crippen molar-refractivity contribution < 1.29 is 9.18 Å². The van der Waals surface area contributed by atoms with E-state index in [4.69, 9.17) is 22.1 Å². The molecule has 0 N–H and O–H groups in total. The zero-order valence-corrected chi connectivity index (χ0v) is 8.12. The number of hydrogen-bond donors (Lipinski definition) is 0. The standard InChI is InChI=1S/C10H4ClFN2O/c11-8-3-1-2-7(9(8)12)10(15)6(4-13)5-14/h1-3,6H. The van der Waals surface area contributed by atoms with E-state index in [-0.39, 0.29) is 10.6 Å². The molecule has 0 amide bonds. The van der Waals surface area contributed by atoms with Gasteiger partial charge in [0.25, 0.3) is 0 Å². The van der Waals surface area contributed by atoms with Crippen molar-refractivity contribution >= 4 is 17.4 Å². The summed E-state index contributed by atoms with van der Waals surface area (Å²) in [6.45, 7) is 0. The number of nitrogens with zero attached hydrogens (tertiary/aromatic N) is 2. The highest BCUT2D eigenvalue weighted by atomic mass is 35.5. The number of nitriles is 2. The first-order chi connectivity index (χ1) is 7.11. The summed E-state index contributed by atoms with van der Waals surface area (Å²) in [5.41, 5.74) is -0.337. The number of ketones is 1. The van der Waals surface area contributed by atoms with Crippen LogP contribution in [0.2, 0.25) is 5.02 Å². The first-order valence-electron chi connectivity index (χ1n) is 3.89. The summed E-state index contributed by atoms with van der Waals surface area (Å²) in [6, 6.07) is 6.80. The minimum Gasteiger partial charge on any atom is -0.291 e. The minimum absolute atomic E-state index is 0.213. The Morgan fingerprint density at radius 3 is 2.53 bits per heavy atom. The lowest BCUT2D eigenvalue weighted by atomic mass is 10.00. The first-order valence-corrected chi connectivity index (χ1v) is 4.27. The maximum absolute atomic E-state index is 13.3. The van der Waals surface area contributed by atoms with Gasteiger partial charge in [-0.25, -0.2) is 4.39 Å². The fourth-order valence-electron chi connectivity index (χ4n) is 0.996. The van der Waals surface area contributed by atoms with Gasteiger partial charge < -0.3 is 0 Å². The smallest absolute Gasteiger partial charge is 0.197 e. The lowest BCUT2D eigenvalue weighted by Crippen LogP contribution is -2.12. The van der Waals surface area contributed by atoms with Crippen LogP contribution in [0.5, 0.6) is 0 Å². The summed E-state index contributed by atoms with van der Waals surface area (Å²) < 4.78 is 13.3. The Hall–Kier alpha value is -1.91. The van der Waals surface area contributed by atoms with Crippen LogP contribution in [0.3, 0.4) is 0 Å². The van der Waals surface area contributed by atoms with Gasteiger partial charge in [0, 0.05) is 0 Å². The number of Topliss-reactive ketones (excluding diaryl/α,β-unsaturated/α-hetero) is 1. The van der Waals surface area contributed by atoms with Gasteiger partial charge in [-0.2, -0.15) is 10.5 Å². The van der Waals surface area contributed by atoms with Crippen LogP contribution in [0.1, 0.15) is 10.4 Å². The number of carbonyl (C=O) groups excluding carboxylic acids is 1. The molecule has 0 saturated heterocycles. The van der Waals surface area contributed by atoms with Crippen molar-refractivity contribution in [3.05, 3.63) is 34.6 Å². The van der Waals surface area contributed by atoms with Gasteiger partial charge in [-0.15, -0.1) is 0 Å². The van der Waals surface area contributed by atoms with E-state index in [1.54, 1.807) is 0 Å². The fraction of sp³-hybridized carbons (Fsp3) is 0.100. The highest BCUT2D eigenvalue weighted by Gasteiger charge is 2.22. The summed E-state index contributed by atoms with van der Waals surface area (Å²) in [4.78, 5) is 11.4. The van der Waals surface area contributed by atoms with Crippen LogP contribution in [0, 0.1) is 34.4 Å². The number of halogens is 2. The average molecular weight is 223 g/mol. The Balaban J connectivity index is 3.20. The van der Waals surface area contributed by atoms with E-state index in [1.165, 1.54) is 30.3 Å². The van der Waals surface area contributed by atoms with Gasteiger partial charge in [0.2, 0.25) is 0 Å². The third-order valence-electron chi connectivity index (χ3n) is 1.74. The molecule has 15 heavy (non-hydrogen) atoms. The van der Waals surface area contributed by atoms with Crippen LogP contribution in [-0.4, -0.2) is 5.78 Å². The summed E-state index contributed by atoms with van der Waals surface area (Å²) in [5, 5.41) is 16.7. The monoisotopic (exact) mass is 222 g/mol. The normalized spacial score (nSPS) is 9.40. The predicted octanol–water partition coefficient (Wildman–Crippen LogP) is 2.33. The molecule has 0 radical (unpaired) electrons. The van der Waals surface area contributed by atoms with Crippen LogP contribution in [-0.2, 0) is 0 Å². The second-order valence-electron chi connectivity index (χ2n) is 2.66. The van der Waals surface area contributed by atoms with E-state index < -0.39 is 17.5 Å². The molecule has 0 aromatic heterocycles. The number of hydrogen-bond acceptors (Lipinski definition) is 3. The Kier molecular flexibility index (Phi) is 3.38. The molecular formula is C10H4ClFN2O. The number of rotatable bonds is 2. The zero-order chi connectivity index (χ0) is 11.4. The molecular weight excluding hydrogens is 219 g/mol. The summed E-state index contributed by atoms with van der Waals surface area (Å²) >= 11 is 5.46. The molecule has 0 aliphatic heterocycles. The van der Waals surface area contributed by atoms with E-state index in [0.29, 0.717) is 0 Å². The Bertz CT molecular complexity index is 473. The van der Waals surface area contributed by atoms with Crippen molar-refractivity contribution in [3.63, 3.8) is 0 Å². The second-order valence-corrected chi connectivity index (χ2v) is 3.06. The van der Waals surface area contributed by atoms with E-state index in [1.807, 2.05) is 0 Å². The lowest BCUT2D eigenvalue weighted by molar-refractivity contribution is 0.0967. The van der Waals surface area contributed by atoms with Crippen LogP contribution in [0.25, 0.3) is 0 Å². The van der Waals surface area contributed by atoms with Crippen molar-refractivity contribution in [2.45, 2.75) is 0 Å². The largest absolute Gasteiger partial charge is 0.291 e. The van der Waals surface area contributed by atoms with Crippen LogP contribution in [0.4, 0.5) is 4.39 Å². The van der Waals surface area contributed by atoms with Crippen LogP contribution >= 0.6 is 11.6 Å². The molecule has 0 aliphatic carbocycles. The van der Waals surface area contributed by atoms with Crippen LogP contribution < -0.4 is 0 Å². The van der Waals surface area contributed by atoms with Gasteiger partial charge in [-0.1, -0.05) is 17.7 Å². The third-order valence-corrected chi connectivity index (χ3v) is 2.03. The molecule has 3 nitrogen and oxygen atoms in total. The van der Waals surface area contributed by atoms with E-state index in [0.717, 1.165) is 0 Å². The molecule has 0 heterocycles. The third kappa shape index (κ3) is 2.12.